The van der Waals surface area contributed by atoms with E-state index in [4.69, 9.17) is 4.46 Å². The summed E-state index contributed by atoms with van der Waals surface area (Å²) in [6.45, 7) is 0. The molecule has 0 amide bonds. The van der Waals surface area contributed by atoms with Crippen molar-refractivity contribution in [1.82, 2.24) is 0 Å². The van der Waals surface area contributed by atoms with E-state index in [0.717, 1.165) is 0 Å². The summed E-state index contributed by atoms with van der Waals surface area (Å²) in [4.78, 5) is 0. The van der Waals surface area contributed by atoms with E-state index in [1.54, 1.807) is 0 Å². The Morgan fingerprint density at radius 3 is 1.25 bits per heavy atom. The van der Waals surface area contributed by atoms with Crippen molar-refractivity contribution in [2.45, 2.75) is 0 Å². The van der Waals surface area contributed by atoms with Crippen LogP contribution in [0.15, 0.2) is 0 Å². The third kappa shape index (κ3) is 8.91. The molecule has 0 rings (SSSR count). The van der Waals surface area contributed by atoms with Crippen molar-refractivity contribution in [2.75, 3.05) is 0 Å². The first-order valence-corrected chi connectivity index (χ1v) is 0.866. The zero-order valence-corrected chi connectivity index (χ0v) is 2.53. The van der Waals surface area contributed by atoms with E-state index in [1.807, 2.05) is 0 Å². The van der Waals surface area contributed by atoms with Crippen LogP contribution in [0.3, 0.4) is 0 Å². The molecule has 0 aromatic carbocycles. The van der Waals surface area contributed by atoms with Gasteiger partial charge in [0.15, 0.2) is 0 Å². The van der Waals surface area contributed by atoms with Crippen molar-refractivity contribution >= 4 is 104 Å². The Morgan fingerprint density at radius 2 is 1.25 bits per heavy atom. The van der Waals surface area contributed by atoms with Crippen LogP contribution in [0.2, 0.25) is 0 Å². The van der Waals surface area contributed by atoms with Crippen LogP contribution in [0.1, 0.15) is 0 Å². The van der Waals surface area contributed by atoms with Gasteiger partial charge in [-0.3, -0.25) is 0 Å². The third-order valence-corrected chi connectivity index (χ3v) is 0. The Bertz CT molecular complexity index is 8.00. The van der Waals surface area contributed by atoms with Gasteiger partial charge in [-0.25, -0.2) is 0 Å². The third-order valence-electron chi connectivity index (χ3n) is 0. The van der Waals surface area contributed by atoms with Gasteiger partial charge in [-0.15, -0.1) is 0 Å². The standard InChI is InChI=1S/Ba.H2OSi.Sr.4H/c;1-2;;;;;/h;2H2;;;;;. The molecule has 0 atom stereocenters. The van der Waals surface area contributed by atoms with Gasteiger partial charge in [0, 0.05) is 0 Å². The van der Waals surface area contributed by atoms with Gasteiger partial charge in [-0.05, 0) is 0 Å². The SMILES string of the molecule is O=[SiH2].[BaH2].[SrH2]. The Balaban J connectivity index is -0.00000000500. The van der Waals surface area contributed by atoms with Gasteiger partial charge in [0.25, 0.3) is 0 Å². The molecule has 0 aromatic heterocycles. The molecule has 0 bridgehead atoms. The minimum absolute atomic E-state index is 0. The topological polar surface area (TPSA) is 17.1 Å². The molecule has 0 aliphatic rings. The molecular formula is H6BaOSiSr. The summed E-state index contributed by atoms with van der Waals surface area (Å²) in [6, 6.07) is 0. The van der Waals surface area contributed by atoms with Gasteiger partial charge in [-0.2, -0.15) is 0 Å². The molecule has 0 radical (unpaired) electrons. The van der Waals surface area contributed by atoms with Crippen molar-refractivity contribution in [3.63, 3.8) is 0 Å². The van der Waals surface area contributed by atoms with Gasteiger partial charge in [0.1, 0.15) is 0 Å². The van der Waals surface area contributed by atoms with Crippen molar-refractivity contribution in [1.29, 1.82) is 0 Å². The summed E-state index contributed by atoms with van der Waals surface area (Å²) in [5.41, 5.74) is 0. The predicted molar refractivity (Wildman–Crippen MR) is 26.3 cm³/mol. The first-order chi connectivity index (χ1) is 1.00. The van der Waals surface area contributed by atoms with E-state index in [2.05, 4.69) is 0 Å². The first-order valence-electron chi connectivity index (χ1n) is 0.289. The molecule has 20 valence electrons. The van der Waals surface area contributed by atoms with E-state index in [9.17, 15) is 0 Å². The van der Waals surface area contributed by atoms with E-state index in [0.29, 0.717) is 10.1 Å². The number of rotatable bonds is 0. The first kappa shape index (κ1) is 15.7. The van der Waals surface area contributed by atoms with Gasteiger partial charge in [0.2, 0.25) is 10.1 Å². The molecular weight excluding hydrogens is 269 g/mol. The average Bonchev–Trinajstić information content (AvgIpc) is 1.00. The van der Waals surface area contributed by atoms with E-state index in [-0.39, 0.29) is 94.4 Å². The van der Waals surface area contributed by atoms with Crippen LogP contribution in [0.25, 0.3) is 0 Å². The fourth-order valence-corrected chi connectivity index (χ4v) is 0. The molecule has 0 aliphatic heterocycles. The zero-order chi connectivity index (χ0) is 2.00. The number of hydrogen-bond donors (Lipinski definition) is 0. The molecule has 0 saturated carbocycles. The second-order valence-electron chi connectivity index (χ2n) is 0. The normalized spacial score (nSPS) is 1.00. The molecule has 0 unspecified atom stereocenters. The molecule has 0 aromatic rings. The summed E-state index contributed by atoms with van der Waals surface area (Å²) in [5.74, 6) is 0. The summed E-state index contributed by atoms with van der Waals surface area (Å²) < 4.78 is 8.28. The van der Waals surface area contributed by atoms with Gasteiger partial charge < -0.3 is 4.46 Å². The predicted octanol–water partition coefficient (Wildman–Crippen LogP) is -2.87. The fraction of sp³-hybridized carbons (Fsp3) is 0. The maximum absolute atomic E-state index is 8.28. The van der Waals surface area contributed by atoms with Crippen LogP contribution >= 0.6 is 0 Å². The second kappa shape index (κ2) is 16.6. The monoisotopic (exact) mass is 276 g/mol. The number of hydrogen-bond acceptors (Lipinski definition) is 1. The van der Waals surface area contributed by atoms with Gasteiger partial charge >= 0.3 is 94.4 Å². The molecule has 4 heavy (non-hydrogen) atoms. The Hall–Kier alpha value is 3.07. The molecule has 1 nitrogen and oxygen atoms in total. The Labute approximate surface area is 106 Å². The molecule has 0 aliphatic carbocycles. The van der Waals surface area contributed by atoms with Crippen LogP contribution in [0, 0.1) is 0 Å². The average molecular weight is 275 g/mol. The molecule has 0 saturated heterocycles. The van der Waals surface area contributed by atoms with Crippen molar-refractivity contribution in [2.24, 2.45) is 0 Å². The van der Waals surface area contributed by atoms with Crippen molar-refractivity contribution < 1.29 is 4.46 Å². The van der Waals surface area contributed by atoms with Crippen LogP contribution in [-0.2, 0) is 4.46 Å². The van der Waals surface area contributed by atoms with Crippen molar-refractivity contribution in [3.8, 4) is 0 Å². The molecule has 0 spiro atoms. The molecule has 0 heterocycles. The molecule has 0 N–H and O–H groups in total. The van der Waals surface area contributed by atoms with E-state index in [1.165, 1.54) is 0 Å². The van der Waals surface area contributed by atoms with Crippen LogP contribution in [0.4, 0.5) is 0 Å². The summed E-state index contributed by atoms with van der Waals surface area (Å²) >= 11 is 0. The van der Waals surface area contributed by atoms with Crippen molar-refractivity contribution in [3.05, 3.63) is 0 Å². The molecule has 0 fully saturated rings. The zero-order valence-electron chi connectivity index (χ0n) is 1.12. The van der Waals surface area contributed by atoms with E-state index < -0.39 is 0 Å². The summed E-state index contributed by atoms with van der Waals surface area (Å²) in [7, 11) is 0.611. The minimum atomic E-state index is 0. The fourth-order valence-electron chi connectivity index (χ4n) is 0. The van der Waals surface area contributed by atoms with Gasteiger partial charge in [0.05, 0.1) is 0 Å². The van der Waals surface area contributed by atoms with Crippen LogP contribution < -0.4 is 0 Å². The van der Waals surface area contributed by atoms with Crippen LogP contribution in [0.5, 0.6) is 0 Å². The Morgan fingerprint density at radius 1 is 1.25 bits per heavy atom. The molecule has 4 heteroatoms. The Kier molecular flexibility index (Phi) is 65.1. The summed E-state index contributed by atoms with van der Waals surface area (Å²) in [5, 5.41) is 0. The quantitative estimate of drug-likeness (QED) is 0.434. The summed E-state index contributed by atoms with van der Waals surface area (Å²) in [6.07, 6.45) is 0. The van der Waals surface area contributed by atoms with Crippen LogP contribution in [-0.4, -0.2) is 104 Å². The van der Waals surface area contributed by atoms with E-state index >= 15 is 0 Å². The van der Waals surface area contributed by atoms with Gasteiger partial charge in [-0.1, -0.05) is 0 Å². The second-order valence-corrected chi connectivity index (χ2v) is 0. The maximum atomic E-state index is 8.28.